The van der Waals surface area contributed by atoms with Gasteiger partial charge < -0.3 is 14.6 Å². The third-order valence-electron chi connectivity index (χ3n) is 6.90. The summed E-state index contributed by atoms with van der Waals surface area (Å²) in [6.07, 6.45) is -28.1. The molecule has 0 aromatic heterocycles. The average Bonchev–Trinajstić information content (AvgIpc) is 2.71. The second-order valence-corrected chi connectivity index (χ2v) is 9.03. The first-order valence-corrected chi connectivity index (χ1v) is 10.5. The topological polar surface area (TPSA) is 55.8 Å². The van der Waals surface area contributed by atoms with Gasteiger partial charge in [0.05, 0.1) is 0 Å². The van der Waals surface area contributed by atoms with Crippen molar-refractivity contribution >= 4 is 5.97 Å². The molecule has 36 heavy (non-hydrogen) atoms. The van der Waals surface area contributed by atoms with Crippen molar-refractivity contribution in [2.45, 2.75) is 100 Å². The molecule has 0 amide bonds. The molecular weight excluding hydrogens is 539 g/mol. The van der Waals surface area contributed by atoms with Crippen LogP contribution in [0.3, 0.4) is 0 Å². The Labute approximate surface area is 195 Å². The van der Waals surface area contributed by atoms with E-state index < -0.39 is 84.4 Å². The molecule has 1 aliphatic carbocycles. The molecular formula is C19H21F13O4. The number of halogens is 13. The van der Waals surface area contributed by atoms with Crippen LogP contribution in [0.5, 0.6) is 0 Å². The molecule has 4 atom stereocenters. The molecule has 0 radical (unpaired) electrons. The van der Waals surface area contributed by atoms with Crippen molar-refractivity contribution in [1.29, 1.82) is 0 Å². The number of rotatable bonds is 4. The summed E-state index contributed by atoms with van der Waals surface area (Å²) in [5.41, 5.74) is -9.49. The van der Waals surface area contributed by atoms with Crippen molar-refractivity contribution in [2.24, 2.45) is 11.3 Å². The molecule has 4 unspecified atom stereocenters. The molecule has 2 fully saturated rings. The van der Waals surface area contributed by atoms with Gasteiger partial charge in [0.15, 0.2) is 5.41 Å². The Kier molecular flexibility index (Phi) is 7.48. The van der Waals surface area contributed by atoms with E-state index in [9.17, 15) is 58.2 Å². The molecule has 1 saturated heterocycles. The fraction of sp³-hybridized carbons (Fsp3) is 0.947. The molecule has 0 aromatic rings. The van der Waals surface area contributed by atoms with E-state index >= 15 is 8.78 Å². The predicted octanol–water partition coefficient (Wildman–Crippen LogP) is 6.31. The molecule has 0 aromatic carbocycles. The van der Waals surface area contributed by atoms with Gasteiger partial charge in [-0.1, -0.05) is 26.2 Å². The first-order valence-electron chi connectivity index (χ1n) is 10.5. The maximum absolute atomic E-state index is 15.6. The summed E-state index contributed by atoms with van der Waals surface area (Å²) in [7, 11) is 0. The number of esters is 1. The van der Waals surface area contributed by atoms with Crippen molar-refractivity contribution < 1.29 is 76.5 Å². The summed E-state index contributed by atoms with van der Waals surface area (Å²) in [6, 6.07) is 0. The summed E-state index contributed by atoms with van der Waals surface area (Å²) < 4.78 is 191. The van der Waals surface area contributed by atoms with Crippen molar-refractivity contribution in [3.05, 3.63) is 0 Å². The minimum Gasteiger partial charge on any atom is -0.417 e. The van der Waals surface area contributed by atoms with E-state index in [1.165, 1.54) is 0 Å². The Morgan fingerprint density at radius 1 is 0.944 bits per heavy atom. The van der Waals surface area contributed by atoms with E-state index in [-0.39, 0.29) is 26.2 Å². The minimum absolute atomic E-state index is 0.0937. The Morgan fingerprint density at radius 3 is 1.78 bits per heavy atom. The maximum atomic E-state index is 15.6. The second kappa shape index (κ2) is 8.76. The van der Waals surface area contributed by atoms with Gasteiger partial charge in [-0.2, -0.15) is 57.1 Å². The first kappa shape index (κ1) is 30.7. The Bertz CT molecular complexity index is 831. The van der Waals surface area contributed by atoms with Gasteiger partial charge in [0.1, 0.15) is 0 Å². The van der Waals surface area contributed by atoms with Gasteiger partial charge in [-0.05, 0) is 26.2 Å². The molecule has 0 bridgehead atoms. The highest BCUT2D eigenvalue weighted by Crippen LogP contribution is 2.66. The minimum atomic E-state index is -7.03. The number of carbonyl (C=O) groups is 1. The fourth-order valence-corrected chi connectivity index (χ4v) is 4.39. The number of aliphatic hydroxyl groups is 1. The number of hydrogen-bond acceptors (Lipinski definition) is 4. The third kappa shape index (κ3) is 4.11. The molecule has 17 heteroatoms. The molecule has 1 aliphatic heterocycles. The van der Waals surface area contributed by atoms with Crippen LogP contribution >= 0.6 is 0 Å². The van der Waals surface area contributed by atoms with E-state index in [1.54, 1.807) is 0 Å². The standard InChI is InChI=1S/C19H21F13O4/c1-3-12(2,18(27,28)29)11(33)36-17(19(30,31)32)16(25,26)13(34,9-7-5-4-6-8-9)14(20,21)10(35-17)15(22,23)24/h9-10,34H,3-8H2,1-2H3. The number of carbonyl (C=O) groups excluding carboxylic acids is 1. The normalized spacial score (nSPS) is 33.6. The lowest BCUT2D eigenvalue weighted by molar-refractivity contribution is -0.538. The highest BCUT2D eigenvalue weighted by molar-refractivity contribution is 5.78. The quantitative estimate of drug-likeness (QED) is 0.324. The summed E-state index contributed by atoms with van der Waals surface area (Å²) in [4.78, 5) is 12.2. The predicted molar refractivity (Wildman–Crippen MR) is 91.7 cm³/mol. The van der Waals surface area contributed by atoms with Gasteiger partial charge in [0.2, 0.25) is 11.7 Å². The van der Waals surface area contributed by atoms with E-state index in [0.717, 1.165) is 0 Å². The van der Waals surface area contributed by atoms with Gasteiger partial charge in [-0.15, -0.1) is 0 Å². The van der Waals surface area contributed by atoms with E-state index in [4.69, 9.17) is 0 Å². The van der Waals surface area contributed by atoms with Gasteiger partial charge in [-0.25, -0.2) is 0 Å². The zero-order chi connectivity index (χ0) is 28.4. The van der Waals surface area contributed by atoms with Crippen LogP contribution in [0.2, 0.25) is 0 Å². The lowest BCUT2D eigenvalue weighted by atomic mass is 9.65. The van der Waals surface area contributed by atoms with Crippen LogP contribution in [0.4, 0.5) is 57.1 Å². The third-order valence-corrected chi connectivity index (χ3v) is 6.90. The van der Waals surface area contributed by atoms with Gasteiger partial charge in [-0.3, -0.25) is 4.79 Å². The van der Waals surface area contributed by atoms with E-state index in [1.807, 2.05) is 0 Å². The maximum Gasteiger partial charge on any atom is 0.462 e. The van der Waals surface area contributed by atoms with Gasteiger partial charge in [0, 0.05) is 5.92 Å². The Balaban J connectivity index is 2.90. The first-order chi connectivity index (χ1) is 15.9. The van der Waals surface area contributed by atoms with Gasteiger partial charge in [0.25, 0.3) is 0 Å². The average molecular weight is 560 g/mol. The zero-order valence-corrected chi connectivity index (χ0v) is 18.5. The summed E-state index contributed by atoms with van der Waals surface area (Å²) in [5, 5.41) is 10.5. The van der Waals surface area contributed by atoms with Crippen LogP contribution in [0.1, 0.15) is 52.4 Å². The number of alkyl halides is 13. The molecule has 1 N–H and O–H groups in total. The molecule has 2 aliphatic rings. The lowest BCUT2D eigenvalue weighted by Gasteiger charge is -2.58. The summed E-state index contributed by atoms with van der Waals surface area (Å²) in [5.74, 6) is -24.9. The smallest absolute Gasteiger partial charge is 0.417 e. The lowest BCUT2D eigenvalue weighted by Crippen LogP contribution is -2.85. The second-order valence-electron chi connectivity index (χ2n) is 9.03. The molecule has 2 rings (SSSR count). The monoisotopic (exact) mass is 560 g/mol. The van der Waals surface area contributed by atoms with Crippen LogP contribution in [0.25, 0.3) is 0 Å². The molecule has 0 spiro atoms. The molecule has 4 nitrogen and oxygen atoms in total. The summed E-state index contributed by atoms with van der Waals surface area (Å²) in [6.45, 7) is 0.476. The van der Waals surface area contributed by atoms with Crippen LogP contribution in [-0.2, 0) is 14.3 Å². The largest absolute Gasteiger partial charge is 0.462 e. The van der Waals surface area contributed by atoms with E-state index in [0.29, 0.717) is 6.92 Å². The molecule has 1 saturated carbocycles. The Morgan fingerprint density at radius 2 is 1.42 bits per heavy atom. The van der Waals surface area contributed by atoms with Crippen molar-refractivity contribution in [3.63, 3.8) is 0 Å². The summed E-state index contributed by atoms with van der Waals surface area (Å²) >= 11 is 0. The van der Waals surface area contributed by atoms with Crippen LogP contribution in [-0.4, -0.2) is 58.9 Å². The van der Waals surface area contributed by atoms with Crippen molar-refractivity contribution in [3.8, 4) is 0 Å². The molecule has 1 heterocycles. The van der Waals surface area contributed by atoms with Crippen LogP contribution < -0.4 is 0 Å². The number of ether oxygens (including phenoxy) is 2. The van der Waals surface area contributed by atoms with Crippen LogP contribution in [0.15, 0.2) is 0 Å². The Hall–Kier alpha value is -1.52. The SMILES string of the molecule is CCC(C)(C(=O)OC1(C(F)(F)F)OC(C(F)(F)F)C(F)(F)C(O)(C2CCCCC2)C1(F)F)C(F)(F)F. The zero-order valence-electron chi connectivity index (χ0n) is 18.5. The fourth-order valence-electron chi connectivity index (χ4n) is 4.39. The number of hydrogen-bond donors (Lipinski definition) is 1. The highest BCUT2D eigenvalue weighted by Gasteiger charge is 2.94. The van der Waals surface area contributed by atoms with Gasteiger partial charge >= 0.3 is 42.1 Å². The highest BCUT2D eigenvalue weighted by atomic mass is 19.4. The molecule has 212 valence electrons. The van der Waals surface area contributed by atoms with Crippen LogP contribution in [0, 0.1) is 11.3 Å². The van der Waals surface area contributed by atoms with E-state index in [2.05, 4.69) is 9.47 Å². The van der Waals surface area contributed by atoms with Crippen molar-refractivity contribution in [1.82, 2.24) is 0 Å². The van der Waals surface area contributed by atoms with Crippen molar-refractivity contribution in [2.75, 3.05) is 0 Å².